The molecule has 3 aromatic carbocycles. The quantitative estimate of drug-likeness (QED) is 0.0494. The van der Waals surface area contributed by atoms with E-state index in [4.69, 9.17) is 31.2 Å². The molecule has 0 spiro atoms. The number of unbranched alkanes of at least 4 members (excludes halogenated alkanes) is 2. The third-order valence-corrected chi connectivity index (χ3v) is 13.7. The van der Waals surface area contributed by atoms with Crippen molar-refractivity contribution in [2.75, 3.05) is 62.6 Å². The summed E-state index contributed by atoms with van der Waals surface area (Å²) in [5.41, 5.74) is 1.49. The van der Waals surface area contributed by atoms with Crippen LogP contribution in [0.15, 0.2) is 72.2 Å². The number of halogens is 3. The summed E-state index contributed by atoms with van der Waals surface area (Å²) >= 11 is 7.18. The molecule has 2 aliphatic rings. The van der Waals surface area contributed by atoms with Crippen LogP contribution in [0.1, 0.15) is 82.7 Å². The molecule has 3 atom stereocenters. The average Bonchev–Trinajstić information content (AvgIpc) is 4.01. The Kier molecular flexibility index (Phi) is 19.1. The normalized spacial score (nSPS) is 17.2. The Morgan fingerprint density at radius 2 is 1.58 bits per heavy atom. The molecule has 73 heavy (non-hydrogen) atoms. The fourth-order valence-electron chi connectivity index (χ4n) is 8.41. The fraction of sp³-hybridized carbons (Fsp3) is 0.481. The molecule has 4 amide bonds. The van der Waals surface area contributed by atoms with Crippen LogP contribution in [-0.4, -0.2) is 120 Å². The molecule has 4 aromatic rings. The van der Waals surface area contributed by atoms with Crippen molar-refractivity contribution in [1.82, 2.24) is 20.5 Å². The van der Waals surface area contributed by atoms with Gasteiger partial charge in [0.05, 0.1) is 78.1 Å². The molecule has 3 N–H and O–H groups in total. The number of benzene rings is 3. The third-order valence-electron chi connectivity index (χ3n) is 12.3. The third kappa shape index (κ3) is 14.4. The number of anilines is 2. The molecule has 2 saturated heterocycles. The number of rotatable bonds is 23. The minimum Gasteiger partial charge on any atom is -0.494 e. The smallest absolute Gasteiger partial charge is 0.417 e. The van der Waals surface area contributed by atoms with E-state index < -0.39 is 64.2 Å². The van der Waals surface area contributed by atoms with Crippen LogP contribution < -0.4 is 25.2 Å². The molecule has 0 aliphatic carbocycles. The average molecular weight is 1050 g/mol. The monoisotopic (exact) mass is 1050 g/mol. The van der Waals surface area contributed by atoms with E-state index in [9.17, 15) is 42.7 Å². The van der Waals surface area contributed by atoms with Gasteiger partial charge in [0.2, 0.25) is 17.7 Å². The number of thiocarbonyl (C=S) groups is 1. The van der Waals surface area contributed by atoms with Gasteiger partial charge in [0, 0.05) is 31.8 Å². The molecule has 3 heterocycles. The van der Waals surface area contributed by atoms with Crippen molar-refractivity contribution < 1.29 is 56.4 Å². The van der Waals surface area contributed by atoms with Crippen LogP contribution in [0.4, 0.5) is 24.5 Å². The van der Waals surface area contributed by atoms with Crippen LogP contribution in [0.25, 0.3) is 10.4 Å². The minimum absolute atomic E-state index is 0.00168. The second kappa shape index (κ2) is 24.8. The largest absolute Gasteiger partial charge is 0.494 e. The molecule has 2 fully saturated rings. The van der Waals surface area contributed by atoms with Gasteiger partial charge in [-0.25, -0.2) is 4.98 Å². The number of ether oxygens (including phenoxy) is 4. The van der Waals surface area contributed by atoms with Crippen molar-refractivity contribution >= 4 is 63.7 Å². The van der Waals surface area contributed by atoms with Gasteiger partial charge in [-0.05, 0) is 111 Å². The summed E-state index contributed by atoms with van der Waals surface area (Å²) < 4.78 is 63.8. The molecular weight excluding hydrogens is 988 g/mol. The van der Waals surface area contributed by atoms with Crippen LogP contribution in [0.5, 0.6) is 5.75 Å². The predicted octanol–water partition coefficient (Wildman–Crippen LogP) is 7.33. The first-order valence-electron chi connectivity index (χ1n) is 23.9. The number of nitrogens with zero attached hydrogens (tertiary/aromatic N) is 5. The number of aromatic nitrogens is 1. The van der Waals surface area contributed by atoms with Crippen molar-refractivity contribution in [3.63, 3.8) is 0 Å². The lowest BCUT2D eigenvalue weighted by atomic mass is 9.85. The number of aryl methyl sites for hydroxylation is 1. The summed E-state index contributed by atoms with van der Waals surface area (Å²) in [6.07, 6.45) is -3.20. The number of carbonyl (C=O) groups excluding carboxylic acids is 4. The number of hydrogen-bond donors (Lipinski definition) is 3. The van der Waals surface area contributed by atoms with E-state index in [2.05, 4.69) is 15.6 Å². The van der Waals surface area contributed by atoms with Gasteiger partial charge in [-0.15, -0.1) is 11.3 Å². The summed E-state index contributed by atoms with van der Waals surface area (Å²) in [4.78, 5) is 63.2. The lowest BCUT2D eigenvalue weighted by Gasteiger charge is -2.35. The van der Waals surface area contributed by atoms with Gasteiger partial charge in [0.1, 0.15) is 30.0 Å². The van der Waals surface area contributed by atoms with E-state index in [0.29, 0.717) is 37.9 Å². The van der Waals surface area contributed by atoms with Crippen LogP contribution in [-0.2, 0) is 46.1 Å². The second-order valence-electron chi connectivity index (χ2n) is 19.3. The lowest BCUT2D eigenvalue weighted by Crippen LogP contribution is -2.58. The fourth-order valence-corrected chi connectivity index (χ4v) is 9.75. The second-order valence-corrected chi connectivity index (χ2v) is 20.5. The number of aliphatic hydroxyl groups excluding tert-OH is 1. The summed E-state index contributed by atoms with van der Waals surface area (Å²) in [7, 11) is 0. The topological polar surface area (TPSA) is 196 Å². The maximum Gasteiger partial charge on any atom is 0.417 e. The zero-order valence-corrected chi connectivity index (χ0v) is 43.4. The van der Waals surface area contributed by atoms with E-state index in [0.717, 1.165) is 58.0 Å². The molecule has 1 unspecified atom stereocenters. The molecule has 0 bridgehead atoms. The maximum absolute atomic E-state index is 13.9. The molecule has 6 rings (SSSR count). The van der Waals surface area contributed by atoms with Gasteiger partial charge in [0.25, 0.3) is 5.91 Å². The highest BCUT2D eigenvalue weighted by atomic mass is 32.1. The number of likely N-dealkylation sites (tertiary alicyclic amines) is 1. The highest BCUT2D eigenvalue weighted by Crippen LogP contribution is 2.40. The zero-order chi connectivity index (χ0) is 53.1. The number of aliphatic hydroxyl groups is 1. The molecule has 0 radical (unpaired) electrons. The molecular formula is C52H62F3N7O9S2. The van der Waals surface area contributed by atoms with E-state index >= 15 is 0 Å². The zero-order valence-electron chi connectivity index (χ0n) is 41.8. The van der Waals surface area contributed by atoms with E-state index in [1.54, 1.807) is 65.9 Å². The van der Waals surface area contributed by atoms with Gasteiger partial charge in [-0.2, -0.15) is 18.4 Å². The van der Waals surface area contributed by atoms with Crippen molar-refractivity contribution in [3.05, 3.63) is 94.6 Å². The number of thiazole rings is 1. The predicted molar refractivity (Wildman–Crippen MR) is 273 cm³/mol. The Balaban J connectivity index is 0.822. The van der Waals surface area contributed by atoms with Gasteiger partial charge < -0.3 is 44.5 Å². The van der Waals surface area contributed by atoms with Crippen molar-refractivity contribution in [2.45, 2.75) is 104 Å². The number of carbonyl (C=O) groups is 4. The van der Waals surface area contributed by atoms with E-state index in [-0.39, 0.29) is 56.0 Å². The Morgan fingerprint density at radius 3 is 2.21 bits per heavy atom. The molecule has 0 saturated carbocycles. The SMILES string of the molecule is Cc1ncsc1-c1ccc(CNC(=O)[C@@H]2C[C@@H](O)CN2C(=O)C(NC(=O)COCCOCCOCCCCCOc2ccc(N3C(=S)N(c4ccc(C#N)c(C(F)(F)F)c4)C(=O)C3(C)C)cc2)C(C)(C)C)cc1. The van der Waals surface area contributed by atoms with E-state index in [1.807, 2.05) is 52.0 Å². The van der Waals surface area contributed by atoms with Crippen molar-refractivity contribution in [3.8, 4) is 22.3 Å². The number of amides is 4. The molecule has 1 aromatic heterocycles. The summed E-state index contributed by atoms with van der Waals surface area (Å²) in [6, 6.07) is 17.4. The standard InChI is InChI=1S/C52H62F3N7O9S2/c1-33-44(73-32-58-33)35-12-10-34(11-13-35)29-57-46(65)42-27-39(63)30-60(42)47(66)45(50(2,3)4)59-43(64)31-70-25-24-69-23-22-68-20-8-7-9-21-71-40-18-16-37(17-19-40)62-49(72)61(48(67)51(62,5)6)38-15-14-36(28-56)41(26-38)52(53,54)55/h10-19,26,32,39,42,45,63H,7-9,20-25,27,29-31H2,1-6H3,(H,57,65)(H,59,64)/t39-,42+,45?/m1/s1. The van der Waals surface area contributed by atoms with Crippen LogP contribution >= 0.6 is 23.6 Å². The van der Waals surface area contributed by atoms with Crippen molar-refractivity contribution in [2.24, 2.45) is 5.41 Å². The molecule has 21 heteroatoms. The summed E-state index contributed by atoms with van der Waals surface area (Å²) in [5.74, 6) is -1.28. The highest BCUT2D eigenvalue weighted by molar-refractivity contribution is 7.81. The number of hydrogen-bond acceptors (Lipinski definition) is 13. The highest BCUT2D eigenvalue weighted by Gasteiger charge is 2.51. The van der Waals surface area contributed by atoms with Crippen LogP contribution in [0.3, 0.4) is 0 Å². The van der Waals surface area contributed by atoms with Gasteiger partial charge in [-0.1, -0.05) is 45.0 Å². The minimum atomic E-state index is -4.80. The Bertz CT molecular complexity index is 2620. The van der Waals surface area contributed by atoms with Crippen LogP contribution in [0, 0.1) is 23.7 Å². The van der Waals surface area contributed by atoms with Gasteiger partial charge in [0.15, 0.2) is 5.11 Å². The summed E-state index contributed by atoms with van der Waals surface area (Å²) in [5, 5.41) is 25.4. The number of nitriles is 1. The number of β-amino-alcohol motifs (C(OH)–C–C–N with tert-alkyl or cyclic N) is 1. The first-order valence-corrected chi connectivity index (χ1v) is 25.2. The first kappa shape index (κ1) is 56.3. The number of nitrogens with one attached hydrogen (secondary N) is 2. The van der Waals surface area contributed by atoms with Gasteiger partial charge >= 0.3 is 6.18 Å². The Hall–Kier alpha value is -6.02. The van der Waals surface area contributed by atoms with Crippen molar-refractivity contribution in [1.29, 1.82) is 5.26 Å². The first-order chi connectivity index (χ1) is 34.6. The molecule has 392 valence electrons. The summed E-state index contributed by atoms with van der Waals surface area (Å²) in [6.45, 7) is 12.6. The Labute approximate surface area is 432 Å². The maximum atomic E-state index is 13.9. The molecule has 2 aliphatic heterocycles. The van der Waals surface area contributed by atoms with Gasteiger partial charge in [-0.3, -0.25) is 24.1 Å². The lowest BCUT2D eigenvalue weighted by molar-refractivity contribution is -0.144. The molecule has 16 nitrogen and oxygen atoms in total. The number of alkyl halides is 3. The Morgan fingerprint density at radius 1 is 0.932 bits per heavy atom. The van der Waals surface area contributed by atoms with E-state index in [1.165, 1.54) is 11.0 Å². The van der Waals surface area contributed by atoms with Crippen LogP contribution in [0.2, 0.25) is 0 Å².